The third-order valence-electron chi connectivity index (χ3n) is 2.89. The normalized spacial score (nSPS) is 10.3. The Kier molecular flexibility index (Phi) is 5.16. The van der Waals surface area contributed by atoms with Crippen molar-refractivity contribution in [3.63, 3.8) is 0 Å². The highest BCUT2D eigenvalue weighted by Gasteiger charge is 2.11. The number of ether oxygens (including phenoxy) is 1. The van der Waals surface area contributed by atoms with E-state index in [1.165, 1.54) is 5.56 Å². The quantitative estimate of drug-likeness (QED) is 0.892. The molecule has 1 rings (SSSR count). The van der Waals surface area contributed by atoms with E-state index in [1.54, 1.807) is 19.1 Å². The molecule has 0 atom stereocenters. The molecule has 0 aromatic heterocycles. The molecule has 0 heterocycles. The van der Waals surface area contributed by atoms with Crippen LogP contribution in [-0.2, 0) is 4.74 Å². The predicted molar refractivity (Wildman–Crippen MR) is 74.2 cm³/mol. The lowest BCUT2D eigenvalue weighted by Crippen LogP contribution is -2.34. The maximum absolute atomic E-state index is 12.0. The first-order chi connectivity index (χ1) is 8.45. The number of amides is 2. The summed E-state index contributed by atoms with van der Waals surface area (Å²) in [7, 11) is 3.38. The zero-order chi connectivity index (χ0) is 13.7. The van der Waals surface area contributed by atoms with Gasteiger partial charge in [0.2, 0.25) is 0 Å². The highest BCUT2D eigenvalue weighted by molar-refractivity contribution is 5.91. The number of nitrogens with one attached hydrogen (secondary N) is 1. The number of urea groups is 1. The molecular formula is C14H22N2O2. The fourth-order valence-corrected chi connectivity index (χ4v) is 1.91. The lowest BCUT2D eigenvalue weighted by atomic mass is 10.1. The summed E-state index contributed by atoms with van der Waals surface area (Å²) in [5.41, 5.74) is 4.27. The van der Waals surface area contributed by atoms with E-state index in [0.29, 0.717) is 13.2 Å². The molecule has 0 aliphatic heterocycles. The molecule has 1 aromatic rings. The van der Waals surface area contributed by atoms with Gasteiger partial charge in [-0.2, -0.15) is 0 Å². The van der Waals surface area contributed by atoms with E-state index < -0.39 is 0 Å². The predicted octanol–water partition coefficient (Wildman–Crippen LogP) is 2.72. The van der Waals surface area contributed by atoms with E-state index in [9.17, 15) is 4.79 Å². The van der Waals surface area contributed by atoms with Crippen LogP contribution in [0.5, 0.6) is 0 Å². The minimum Gasteiger partial charge on any atom is -0.383 e. The molecule has 1 N–H and O–H groups in total. The van der Waals surface area contributed by atoms with Gasteiger partial charge in [-0.05, 0) is 31.9 Å². The summed E-state index contributed by atoms with van der Waals surface area (Å²) in [6, 6.07) is 4.03. The lowest BCUT2D eigenvalue weighted by molar-refractivity contribution is 0.165. The van der Waals surface area contributed by atoms with Crippen molar-refractivity contribution in [2.45, 2.75) is 20.8 Å². The van der Waals surface area contributed by atoms with Crippen LogP contribution < -0.4 is 5.32 Å². The Balaban J connectivity index is 2.76. The van der Waals surface area contributed by atoms with Gasteiger partial charge in [0.05, 0.1) is 6.61 Å². The van der Waals surface area contributed by atoms with Gasteiger partial charge in [-0.1, -0.05) is 17.7 Å². The first-order valence-electron chi connectivity index (χ1n) is 6.04. The monoisotopic (exact) mass is 250 g/mol. The SMILES string of the molecule is COCCN(C)C(=O)Nc1c(C)cc(C)cc1C. The molecule has 18 heavy (non-hydrogen) atoms. The van der Waals surface area contributed by atoms with Gasteiger partial charge in [-0.3, -0.25) is 0 Å². The van der Waals surface area contributed by atoms with Gasteiger partial charge in [0.1, 0.15) is 0 Å². The zero-order valence-corrected chi connectivity index (χ0v) is 11.8. The van der Waals surface area contributed by atoms with Crippen LogP contribution in [-0.4, -0.2) is 38.2 Å². The lowest BCUT2D eigenvalue weighted by Gasteiger charge is -2.19. The van der Waals surface area contributed by atoms with Gasteiger partial charge in [-0.15, -0.1) is 0 Å². The summed E-state index contributed by atoms with van der Waals surface area (Å²) in [6.45, 7) is 7.17. The molecule has 0 spiro atoms. The number of methoxy groups -OCH3 is 1. The molecule has 4 nitrogen and oxygen atoms in total. The summed E-state index contributed by atoms with van der Waals surface area (Å²) in [4.78, 5) is 13.6. The second-order valence-electron chi connectivity index (χ2n) is 4.62. The Bertz CT molecular complexity index is 407. The van der Waals surface area contributed by atoms with Crippen LogP contribution in [0.2, 0.25) is 0 Å². The summed E-state index contributed by atoms with van der Waals surface area (Å²) in [5.74, 6) is 0. The minimum atomic E-state index is -0.109. The summed E-state index contributed by atoms with van der Waals surface area (Å²) < 4.78 is 4.95. The minimum absolute atomic E-state index is 0.109. The third kappa shape index (κ3) is 3.74. The van der Waals surface area contributed by atoms with E-state index >= 15 is 0 Å². The highest BCUT2D eigenvalue weighted by Crippen LogP contribution is 2.22. The Morgan fingerprint density at radius 1 is 1.28 bits per heavy atom. The van der Waals surface area contributed by atoms with Crippen LogP contribution in [0, 0.1) is 20.8 Å². The van der Waals surface area contributed by atoms with E-state index in [2.05, 4.69) is 24.4 Å². The average molecular weight is 250 g/mol. The first kappa shape index (κ1) is 14.5. The Labute approximate surface area is 109 Å². The van der Waals surface area contributed by atoms with Crippen LogP contribution in [0.1, 0.15) is 16.7 Å². The topological polar surface area (TPSA) is 41.6 Å². The molecule has 0 radical (unpaired) electrons. The standard InChI is InChI=1S/C14H22N2O2/c1-10-8-11(2)13(12(3)9-10)15-14(17)16(4)6-7-18-5/h8-9H,6-7H2,1-5H3,(H,15,17). The number of likely N-dealkylation sites (N-methyl/N-ethyl adjacent to an activating group) is 1. The van der Waals surface area contributed by atoms with Gasteiger partial charge in [-0.25, -0.2) is 4.79 Å². The Hall–Kier alpha value is -1.55. The smallest absolute Gasteiger partial charge is 0.321 e. The number of benzene rings is 1. The van der Waals surface area contributed by atoms with Gasteiger partial charge >= 0.3 is 6.03 Å². The van der Waals surface area contributed by atoms with Gasteiger partial charge in [0.15, 0.2) is 0 Å². The number of hydrogen-bond donors (Lipinski definition) is 1. The fraction of sp³-hybridized carbons (Fsp3) is 0.500. The number of hydrogen-bond acceptors (Lipinski definition) is 2. The van der Waals surface area contributed by atoms with Crippen LogP contribution in [0.4, 0.5) is 10.5 Å². The van der Waals surface area contributed by atoms with Crippen LogP contribution in [0.15, 0.2) is 12.1 Å². The number of aryl methyl sites for hydroxylation is 3. The molecular weight excluding hydrogens is 228 g/mol. The summed E-state index contributed by atoms with van der Waals surface area (Å²) in [6.07, 6.45) is 0. The number of carbonyl (C=O) groups is 1. The average Bonchev–Trinajstić information content (AvgIpc) is 2.30. The number of anilines is 1. The Morgan fingerprint density at radius 3 is 2.33 bits per heavy atom. The van der Waals surface area contributed by atoms with Crippen molar-refractivity contribution < 1.29 is 9.53 Å². The van der Waals surface area contributed by atoms with Crippen LogP contribution in [0.25, 0.3) is 0 Å². The van der Waals surface area contributed by atoms with Crippen molar-refractivity contribution in [1.29, 1.82) is 0 Å². The molecule has 0 fully saturated rings. The van der Waals surface area contributed by atoms with E-state index in [4.69, 9.17) is 4.74 Å². The maximum atomic E-state index is 12.0. The number of carbonyl (C=O) groups excluding carboxylic acids is 1. The molecule has 0 bridgehead atoms. The largest absolute Gasteiger partial charge is 0.383 e. The second-order valence-corrected chi connectivity index (χ2v) is 4.62. The van der Waals surface area contributed by atoms with Gasteiger partial charge in [0, 0.05) is 26.4 Å². The van der Waals surface area contributed by atoms with E-state index in [1.807, 2.05) is 13.8 Å². The third-order valence-corrected chi connectivity index (χ3v) is 2.89. The van der Waals surface area contributed by atoms with Crippen molar-refractivity contribution in [2.24, 2.45) is 0 Å². The second kappa shape index (κ2) is 6.40. The molecule has 0 aliphatic carbocycles. The summed E-state index contributed by atoms with van der Waals surface area (Å²) in [5, 5.41) is 2.95. The van der Waals surface area contributed by atoms with Gasteiger partial charge in [0.25, 0.3) is 0 Å². The molecule has 1 aromatic carbocycles. The molecule has 4 heteroatoms. The van der Waals surface area contributed by atoms with Crippen molar-refractivity contribution >= 4 is 11.7 Å². The van der Waals surface area contributed by atoms with Crippen molar-refractivity contribution in [1.82, 2.24) is 4.90 Å². The molecule has 0 saturated carbocycles. The van der Waals surface area contributed by atoms with Gasteiger partial charge < -0.3 is 15.0 Å². The highest BCUT2D eigenvalue weighted by atomic mass is 16.5. The molecule has 0 aliphatic rings. The van der Waals surface area contributed by atoms with E-state index in [0.717, 1.165) is 16.8 Å². The summed E-state index contributed by atoms with van der Waals surface area (Å²) >= 11 is 0. The zero-order valence-electron chi connectivity index (χ0n) is 11.8. The number of nitrogens with zero attached hydrogens (tertiary/aromatic N) is 1. The first-order valence-corrected chi connectivity index (χ1v) is 6.04. The number of rotatable bonds is 4. The van der Waals surface area contributed by atoms with Crippen LogP contribution >= 0.6 is 0 Å². The molecule has 0 saturated heterocycles. The van der Waals surface area contributed by atoms with Crippen LogP contribution in [0.3, 0.4) is 0 Å². The molecule has 2 amide bonds. The fourth-order valence-electron chi connectivity index (χ4n) is 1.91. The van der Waals surface area contributed by atoms with Crippen molar-refractivity contribution in [3.05, 3.63) is 28.8 Å². The van der Waals surface area contributed by atoms with E-state index in [-0.39, 0.29) is 6.03 Å². The van der Waals surface area contributed by atoms with Crippen molar-refractivity contribution in [2.75, 3.05) is 32.6 Å². The molecule has 0 unspecified atom stereocenters. The maximum Gasteiger partial charge on any atom is 0.321 e. The Morgan fingerprint density at radius 2 is 1.83 bits per heavy atom. The molecule has 100 valence electrons. The van der Waals surface area contributed by atoms with Crippen molar-refractivity contribution in [3.8, 4) is 0 Å².